The highest BCUT2D eigenvalue weighted by Crippen LogP contribution is 2.29. The van der Waals surface area contributed by atoms with Crippen LogP contribution in [0.4, 0.5) is 0 Å². The number of aliphatic hydroxyl groups excluding tert-OH is 2. The van der Waals surface area contributed by atoms with E-state index in [4.69, 9.17) is 16.1 Å². The summed E-state index contributed by atoms with van der Waals surface area (Å²) in [6.45, 7) is 0.825. The van der Waals surface area contributed by atoms with Crippen molar-refractivity contribution in [3.05, 3.63) is 46.6 Å². The largest absolute Gasteiger partial charge is 0.388 e. The lowest BCUT2D eigenvalue weighted by Gasteiger charge is -2.46. The van der Waals surface area contributed by atoms with Gasteiger partial charge in [-0.05, 0) is 30.5 Å². The van der Waals surface area contributed by atoms with Crippen LogP contribution in [0, 0.1) is 0 Å². The van der Waals surface area contributed by atoms with Gasteiger partial charge in [-0.25, -0.2) is 0 Å². The molecule has 3 atom stereocenters. The number of rotatable bonds is 5. The molecule has 2 fully saturated rings. The normalized spacial score (nSPS) is 24.2. The molecule has 2 aliphatic rings. The number of halogens is 1. The van der Waals surface area contributed by atoms with Crippen LogP contribution in [-0.2, 0) is 17.8 Å². The first-order valence-corrected chi connectivity index (χ1v) is 9.87. The van der Waals surface area contributed by atoms with Crippen LogP contribution in [-0.4, -0.2) is 55.0 Å². The van der Waals surface area contributed by atoms with Crippen LogP contribution >= 0.6 is 11.6 Å². The van der Waals surface area contributed by atoms with E-state index < -0.39 is 12.5 Å². The molecule has 2 saturated heterocycles. The van der Waals surface area contributed by atoms with Crippen molar-refractivity contribution in [2.75, 3.05) is 6.54 Å². The van der Waals surface area contributed by atoms with Gasteiger partial charge in [0.1, 0.15) is 6.54 Å². The van der Waals surface area contributed by atoms with Gasteiger partial charge in [0, 0.05) is 30.5 Å². The van der Waals surface area contributed by atoms with E-state index in [9.17, 15) is 15.0 Å². The maximum atomic E-state index is 12.5. The molecular weight excluding hydrogens is 384 g/mol. The molecule has 0 saturated carbocycles. The zero-order valence-electron chi connectivity index (χ0n) is 15.4. The fourth-order valence-corrected chi connectivity index (χ4v) is 4.03. The molecule has 1 amide bonds. The molecule has 2 N–H and O–H groups in total. The number of carbonyl (C=O) groups is 1. The number of piperidine rings is 1. The van der Waals surface area contributed by atoms with Crippen LogP contribution in [0.3, 0.4) is 0 Å². The van der Waals surface area contributed by atoms with Gasteiger partial charge in [0.15, 0.2) is 12.2 Å². The van der Waals surface area contributed by atoms with Gasteiger partial charge >= 0.3 is 0 Å². The zero-order chi connectivity index (χ0) is 19.7. The molecule has 9 heteroatoms. The number of carbonyl (C=O) groups excluding carboxylic acids is 1. The molecular formula is C19H23ClN4O4. The summed E-state index contributed by atoms with van der Waals surface area (Å²) >= 11 is 5.86. The van der Waals surface area contributed by atoms with Crippen molar-refractivity contribution in [2.24, 2.45) is 0 Å². The fourth-order valence-electron chi connectivity index (χ4n) is 3.90. The Balaban J connectivity index is 1.40. The Morgan fingerprint density at radius 2 is 2.07 bits per heavy atom. The van der Waals surface area contributed by atoms with E-state index in [-0.39, 0.29) is 30.8 Å². The van der Waals surface area contributed by atoms with Crippen molar-refractivity contribution in [3.63, 3.8) is 0 Å². The number of aromatic nitrogens is 2. The quantitative estimate of drug-likeness (QED) is 0.781. The average molecular weight is 407 g/mol. The molecule has 150 valence electrons. The van der Waals surface area contributed by atoms with Crippen LogP contribution in [0.15, 0.2) is 28.8 Å². The van der Waals surface area contributed by atoms with Gasteiger partial charge in [0.05, 0.1) is 6.10 Å². The molecule has 0 spiro atoms. The van der Waals surface area contributed by atoms with E-state index in [2.05, 4.69) is 10.1 Å². The van der Waals surface area contributed by atoms with Crippen LogP contribution in [0.1, 0.15) is 49.1 Å². The Bertz CT molecular complexity index is 828. The van der Waals surface area contributed by atoms with Gasteiger partial charge in [0.25, 0.3) is 0 Å². The molecule has 2 aromatic rings. The van der Waals surface area contributed by atoms with Gasteiger partial charge in [-0.15, -0.1) is 0 Å². The molecule has 28 heavy (non-hydrogen) atoms. The Morgan fingerprint density at radius 3 is 2.86 bits per heavy atom. The maximum Gasteiger partial charge on any atom is 0.246 e. The Kier molecular flexibility index (Phi) is 5.63. The molecule has 8 nitrogen and oxygen atoms in total. The summed E-state index contributed by atoms with van der Waals surface area (Å²) in [4.78, 5) is 20.1. The Morgan fingerprint density at radius 1 is 1.29 bits per heavy atom. The highest BCUT2D eigenvalue weighted by molar-refractivity contribution is 6.30. The number of aliphatic hydroxyl groups is 2. The SMILES string of the molecule is O=C1C[C@@H]2CCCCN2C(O)N1Cc1nc(C[C@H](O)c2ccc(Cl)cc2)no1. The minimum atomic E-state index is -0.971. The van der Waals surface area contributed by atoms with E-state index in [0.717, 1.165) is 25.8 Å². The van der Waals surface area contributed by atoms with Crippen molar-refractivity contribution < 1.29 is 19.5 Å². The minimum Gasteiger partial charge on any atom is -0.388 e. The zero-order valence-corrected chi connectivity index (χ0v) is 16.1. The first kappa shape index (κ1) is 19.3. The predicted molar refractivity (Wildman–Crippen MR) is 99.9 cm³/mol. The first-order chi connectivity index (χ1) is 13.5. The average Bonchev–Trinajstić information content (AvgIpc) is 3.12. The predicted octanol–water partition coefficient (Wildman–Crippen LogP) is 1.86. The second-order valence-corrected chi connectivity index (χ2v) is 7.77. The summed E-state index contributed by atoms with van der Waals surface area (Å²) in [5.74, 6) is 0.463. The molecule has 4 rings (SSSR count). The van der Waals surface area contributed by atoms with E-state index in [1.165, 1.54) is 4.90 Å². The van der Waals surface area contributed by atoms with E-state index in [1.54, 1.807) is 24.3 Å². The maximum absolute atomic E-state index is 12.5. The summed E-state index contributed by atoms with van der Waals surface area (Å²) in [6.07, 6.45) is 1.85. The van der Waals surface area contributed by atoms with Crippen molar-refractivity contribution in [1.82, 2.24) is 19.9 Å². The number of hydrogen-bond donors (Lipinski definition) is 2. The van der Waals surface area contributed by atoms with E-state index in [1.807, 2.05) is 4.90 Å². The topological polar surface area (TPSA) is 103 Å². The highest BCUT2D eigenvalue weighted by atomic mass is 35.5. The fraction of sp³-hybridized carbons (Fsp3) is 0.526. The molecule has 0 aliphatic carbocycles. The number of benzene rings is 1. The van der Waals surface area contributed by atoms with Crippen molar-refractivity contribution in [1.29, 1.82) is 0 Å². The van der Waals surface area contributed by atoms with Crippen LogP contribution in [0.2, 0.25) is 5.02 Å². The lowest BCUT2D eigenvalue weighted by atomic mass is 9.97. The number of amides is 1. The van der Waals surface area contributed by atoms with Gasteiger partial charge in [-0.1, -0.05) is 35.3 Å². The molecule has 3 heterocycles. The molecule has 0 radical (unpaired) electrons. The second-order valence-electron chi connectivity index (χ2n) is 7.34. The highest BCUT2D eigenvalue weighted by Gasteiger charge is 2.40. The van der Waals surface area contributed by atoms with Gasteiger partial charge in [0.2, 0.25) is 11.8 Å². The third-order valence-corrected chi connectivity index (χ3v) is 5.68. The Hall–Kier alpha value is -2.00. The van der Waals surface area contributed by atoms with E-state index in [0.29, 0.717) is 22.8 Å². The summed E-state index contributed by atoms with van der Waals surface area (Å²) < 4.78 is 5.24. The monoisotopic (exact) mass is 406 g/mol. The Labute approximate surface area is 167 Å². The molecule has 1 aromatic heterocycles. The summed E-state index contributed by atoms with van der Waals surface area (Å²) in [5.41, 5.74) is 0.702. The van der Waals surface area contributed by atoms with Crippen LogP contribution in [0.25, 0.3) is 0 Å². The standard InChI is InChI=1S/C19H23ClN4O4/c20-13-6-4-12(5-7-13)15(25)10-16-21-17(28-22-16)11-24-18(26)9-14-3-1-2-8-23(14)19(24)27/h4-7,14-15,19,25,27H,1-3,8-11H2/t14-,15-,19?/m0/s1. The molecule has 1 aromatic carbocycles. The van der Waals surface area contributed by atoms with Crippen molar-refractivity contribution in [2.45, 2.75) is 57.1 Å². The lowest BCUT2D eigenvalue weighted by Crippen LogP contribution is -2.61. The molecule has 0 bridgehead atoms. The number of hydrogen-bond acceptors (Lipinski definition) is 7. The summed E-state index contributed by atoms with van der Waals surface area (Å²) in [5, 5.41) is 25.4. The third kappa shape index (κ3) is 4.05. The second kappa shape index (κ2) is 8.16. The summed E-state index contributed by atoms with van der Waals surface area (Å²) in [7, 11) is 0. The third-order valence-electron chi connectivity index (χ3n) is 5.43. The molecule has 1 unspecified atom stereocenters. The van der Waals surface area contributed by atoms with Gasteiger partial charge in [-0.3, -0.25) is 14.6 Å². The van der Waals surface area contributed by atoms with Crippen molar-refractivity contribution >= 4 is 17.5 Å². The number of fused-ring (bicyclic) bond motifs is 1. The minimum absolute atomic E-state index is 0.0489. The van der Waals surface area contributed by atoms with Gasteiger partial charge < -0.3 is 14.7 Å². The number of nitrogens with zero attached hydrogens (tertiary/aromatic N) is 4. The van der Waals surface area contributed by atoms with Gasteiger partial charge in [-0.2, -0.15) is 4.98 Å². The first-order valence-electron chi connectivity index (χ1n) is 9.49. The summed E-state index contributed by atoms with van der Waals surface area (Å²) in [6, 6.07) is 7.01. The molecule has 2 aliphatic heterocycles. The smallest absolute Gasteiger partial charge is 0.246 e. The lowest BCUT2D eigenvalue weighted by molar-refractivity contribution is -0.189. The van der Waals surface area contributed by atoms with E-state index >= 15 is 0 Å². The van der Waals surface area contributed by atoms with Crippen LogP contribution in [0.5, 0.6) is 0 Å². The van der Waals surface area contributed by atoms with Crippen molar-refractivity contribution in [3.8, 4) is 0 Å². The van der Waals surface area contributed by atoms with Crippen LogP contribution < -0.4 is 0 Å².